The van der Waals surface area contributed by atoms with Crippen molar-refractivity contribution in [1.29, 1.82) is 5.26 Å². The van der Waals surface area contributed by atoms with E-state index >= 15 is 0 Å². The first-order valence-corrected chi connectivity index (χ1v) is 12.7. The first-order chi connectivity index (χ1) is 14.1. The zero-order valence-corrected chi connectivity index (χ0v) is 18.0. The SMILES string of the molecule is N#CCC[As](Cc1ccccc1)c1nc(Nc2ccc(Cl)cc2)ncc1[N+](=O)[O-]. The van der Waals surface area contributed by atoms with Crippen molar-refractivity contribution < 1.29 is 4.92 Å². The van der Waals surface area contributed by atoms with E-state index < -0.39 is 19.6 Å². The number of nitriles is 1. The quantitative estimate of drug-likeness (QED) is 0.301. The number of nitro groups is 1. The molecule has 0 aliphatic carbocycles. The normalized spacial score (nSPS) is 11.4. The molecule has 3 rings (SSSR count). The molecule has 0 bridgehead atoms. The van der Waals surface area contributed by atoms with Gasteiger partial charge in [0.1, 0.15) is 0 Å². The molecule has 0 fully saturated rings. The van der Waals surface area contributed by atoms with Crippen molar-refractivity contribution in [1.82, 2.24) is 9.97 Å². The number of benzene rings is 2. The molecule has 0 radical (unpaired) electrons. The molecule has 0 spiro atoms. The number of rotatable bonds is 8. The Morgan fingerprint density at radius 1 is 1.17 bits per heavy atom. The van der Waals surface area contributed by atoms with Crippen molar-refractivity contribution in [2.24, 2.45) is 0 Å². The van der Waals surface area contributed by atoms with Crippen molar-refractivity contribution in [2.45, 2.75) is 16.8 Å². The zero-order chi connectivity index (χ0) is 20.6. The van der Waals surface area contributed by atoms with Crippen LogP contribution < -0.4 is 9.80 Å². The van der Waals surface area contributed by atoms with Crippen LogP contribution in [-0.4, -0.2) is 29.5 Å². The third-order valence-electron chi connectivity index (χ3n) is 4.06. The van der Waals surface area contributed by atoms with Crippen LogP contribution in [0.25, 0.3) is 0 Å². The van der Waals surface area contributed by atoms with Gasteiger partial charge in [-0.1, -0.05) is 0 Å². The van der Waals surface area contributed by atoms with Gasteiger partial charge in [0.25, 0.3) is 0 Å². The maximum absolute atomic E-state index is 11.6. The molecule has 0 saturated carbocycles. The minimum atomic E-state index is -2.04. The monoisotopic (exact) mass is 469 g/mol. The van der Waals surface area contributed by atoms with Gasteiger partial charge in [-0.15, -0.1) is 0 Å². The van der Waals surface area contributed by atoms with E-state index in [0.29, 0.717) is 26.3 Å². The number of nitrogens with one attached hydrogen (secondary N) is 1. The fourth-order valence-corrected chi connectivity index (χ4v) is 7.53. The van der Waals surface area contributed by atoms with Gasteiger partial charge in [-0.25, -0.2) is 0 Å². The molecule has 1 heterocycles. The van der Waals surface area contributed by atoms with Crippen LogP contribution in [0.15, 0.2) is 60.8 Å². The predicted octanol–water partition coefficient (Wildman–Crippen LogP) is 4.18. The molecular weight excluding hydrogens is 453 g/mol. The van der Waals surface area contributed by atoms with Gasteiger partial charge in [-0.3, -0.25) is 0 Å². The van der Waals surface area contributed by atoms with Crippen molar-refractivity contribution in [2.75, 3.05) is 5.32 Å². The van der Waals surface area contributed by atoms with Crippen molar-refractivity contribution in [3.05, 3.63) is 81.5 Å². The molecule has 9 heteroatoms. The molecule has 0 aliphatic heterocycles. The molecule has 1 N–H and O–H groups in total. The van der Waals surface area contributed by atoms with E-state index in [1.807, 2.05) is 30.3 Å². The van der Waals surface area contributed by atoms with Crippen molar-refractivity contribution in [3.8, 4) is 6.07 Å². The van der Waals surface area contributed by atoms with Gasteiger partial charge >= 0.3 is 178 Å². The molecule has 0 amide bonds. The summed E-state index contributed by atoms with van der Waals surface area (Å²) in [5.41, 5.74) is 1.74. The van der Waals surface area contributed by atoms with Crippen molar-refractivity contribution >= 4 is 48.1 Å². The molecule has 0 saturated heterocycles. The van der Waals surface area contributed by atoms with Crippen molar-refractivity contribution in [3.63, 3.8) is 0 Å². The Morgan fingerprint density at radius 3 is 2.55 bits per heavy atom. The van der Waals surface area contributed by atoms with E-state index in [4.69, 9.17) is 16.9 Å². The molecule has 146 valence electrons. The summed E-state index contributed by atoms with van der Waals surface area (Å²) in [6.07, 6.45) is 1.59. The number of nitrogens with zero attached hydrogens (tertiary/aromatic N) is 4. The number of hydrogen-bond acceptors (Lipinski definition) is 6. The summed E-state index contributed by atoms with van der Waals surface area (Å²) in [6.45, 7) is 0. The zero-order valence-electron chi connectivity index (χ0n) is 15.3. The maximum atomic E-state index is 11.6. The summed E-state index contributed by atoms with van der Waals surface area (Å²) in [7, 11) is 0. The van der Waals surface area contributed by atoms with Gasteiger partial charge in [0.15, 0.2) is 0 Å². The van der Waals surface area contributed by atoms with Crippen LogP contribution in [0, 0.1) is 21.4 Å². The first-order valence-electron chi connectivity index (χ1n) is 8.76. The minimum absolute atomic E-state index is 0.0828. The van der Waals surface area contributed by atoms with Gasteiger partial charge in [-0.05, 0) is 0 Å². The van der Waals surface area contributed by atoms with Crippen LogP contribution in [0.3, 0.4) is 0 Å². The summed E-state index contributed by atoms with van der Waals surface area (Å²) in [4.78, 5) is 19.8. The number of halogens is 1. The topological polar surface area (TPSA) is 105 Å². The summed E-state index contributed by atoms with van der Waals surface area (Å²) < 4.78 is 0.466. The van der Waals surface area contributed by atoms with E-state index in [1.54, 1.807) is 24.3 Å². The van der Waals surface area contributed by atoms with Crippen LogP contribution in [0.4, 0.5) is 17.3 Å². The molecule has 2 aromatic carbocycles. The van der Waals surface area contributed by atoms with Gasteiger partial charge in [0, 0.05) is 0 Å². The third kappa shape index (κ3) is 5.77. The Kier molecular flexibility index (Phi) is 7.18. The summed E-state index contributed by atoms with van der Waals surface area (Å²) in [5.74, 6) is 0.289. The number of aromatic nitrogens is 2. The third-order valence-corrected chi connectivity index (χ3v) is 9.42. The van der Waals surface area contributed by atoms with Gasteiger partial charge in [-0.2, -0.15) is 0 Å². The van der Waals surface area contributed by atoms with Gasteiger partial charge in [0.2, 0.25) is 0 Å². The summed E-state index contributed by atoms with van der Waals surface area (Å²) in [6, 6.07) is 19.0. The predicted molar refractivity (Wildman–Crippen MR) is 114 cm³/mol. The van der Waals surface area contributed by atoms with Crippen LogP contribution in [-0.2, 0) is 5.21 Å². The van der Waals surface area contributed by atoms with Crippen LogP contribution in [0.1, 0.15) is 12.0 Å². The van der Waals surface area contributed by atoms with Crippen LogP contribution in [0.5, 0.6) is 0 Å². The molecule has 1 aromatic heterocycles. The standard InChI is InChI=1S/C20H17AsClN5O2/c22-16-7-9-17(10-8-16)25-20-24-14-18(27(28)29)19(26-20)21(11-4-12-23)13-15-5-2-1-3-6-15/h1-3,5-10,14H,4,11,13H2,(H,24,25,26). The summed E-state index contributed by atoms with van der Waals surface area (Å²) >= 11 is 3.87. The Hall–Kier alpha value is -2.94. The van der Waals surface area contributed by atoms with E-state index in [9.17, 15) is 10.1 Å². The van der Waals surface area contributed by atoms with E-state index in [-0.39, 0.29) is 11.6 Å². The van der Waals surface area contributed by atoms with Gasteiger partial charge < -0.3 is 0 Å². The molecule has 1 unspecified atom stereocenters. The Labute approximate surface area is 177 Å². The second-order valence-corrected chi connectivity index (χ2v) is 11.3. The molecule has 3 aromatic rings. The average Bonchev–Trinajstić information content (AvgIpc) is 2.73. The number of hydrogen-bond donors (Lipinski definition) is 1. The molecule has 1 atom stereocenters. The summed E-state index contributed by atoms with van der Waals surface area (Å²) in [5, 5.41) is 25.6. The van der Waals surface area contributed by atoms with Crippen LogP contribution >= 0.6 is 11.6 Å². The molecule has 7 nitrogen and oxygen atoms in total. The fourth-order valence-electron chi connectivity index (χ4n) is 2.70. The molecular formula is C20H17AsClN5O2. The Balaban J connectivity index is 1.96. The molecule has 29 heavy (non-hydrogen) atoms. The Morgan fingerprint density at radius 2 is 1.90 bits per heavy atom. The van der Waals surface area contributed by atoms with Gasteiger partial charge in [0.05, 0.1) is 0 Å². The molecule has 0 aliphatic rings. The second-order valence-electron chi connectivity index (χ2n) is 6.11. The van der Waals surface area contributed by atoms with E-state index in [1.165, 1.54) is 6.20 Å². The van der Waals surface area contributed by atoms with Crippen LogP contribution in [0.2, 0.25) is 10.2 Å². The van der Waals surface area contributed by atoms with E-state index in [0.717, 1.165) is 11.3 Å². The average molecular weight is 470 g/mol. The second kappa shape index (κ2) is 10.0. The fraction of sp³-hybridized carbons (Fsp3) is 0.150. The number of anilines is 2. The Bertz CT molecular complexity index is 1030. The first kappa shape index (κ1) is 20.8. The van der Waals surface area contributed by atoms with E-state index in [2.05, 4.69) is 21.4 Å².